The molecule has 0 aliphatic carbocycles. The number of oxazole rings is 1. The summed E-state index contributed by atoms with van der Waals surface area (Å²) in [6.07, 6.45) is 3.59. The molecule has 0 saturated heterocycles. The maximum absolute atomic E-state index is 13.6. The molecule has 1 aliphatic heterocycles. The standard InChI is InChI=1S/C31H40N6O6/c1-18(2)14-21-16-23(37-43-21)29(40)33-22-12-8-9-13-32-27(38)25-17-42-31(35-25)24(15-20-10-6-5-7-11-20)34-30(41)26(19(3)4)36-28(22)39/h5-7,10-11,16-19,22,24,26H,8-9,12-15H2,1-4H3,(H,32,38)(H,33,40)(H,34,41)(H,36,39)/t22-,24+,26-/m0/s1. The lowest BCUT2D eigenvalue weighted by Crippen LogP contribution is -2.56. The van der Waals surface area contributed by atoms with Gasteiger partial charge in [0.05, 0.1) is 0 Å². The molecule has 1 aliphatic rings. The minimum Gasteiger partial charge on any atom is -0.446 e. The van der Waals surface area contributed by atoms with Crippen molar-refractivity contribution in [3.05, 3.63) is 71.3 Å². The Morgan fingerprint density at radius 3 is 2.53 bits per heavy atom. The van der Waals surface area contributed by atoms with E-state index in [9.17, 15) is 19.2 Å². The number of rotatable bonds is 7. The normalized spacial score (nSPS) is 20.4. The highest BCUT2D eigenvalue weighted by Crippen LogP contribution is 2.20. The van der Waals surface area contributed by atoms with Crippen molar-refractivity contribution in [3.63, 3.8) is 0 Å². The number of nitrogens with one attached hydrogen (secondary N) is 4. The predicted molar refractivity (Wildman–Crippen MR) is 157 cm³/mol. The van der Waals surface area contributed by atoms with Gasteiger partial charge in [0, 0.05) is 25.5 Å². The van der Waals surface area contributed by atoms with Gasteiger partial charge in [0.15, 0.2) is 11.4 Å². The van der Waals surface area contributed by atoms with Gasteiger partial charge in [0.1, 0.15) is 30.1 Å². The fraction of sp³-hybridized carbons (Fsp3) is 0.484. The number of amides is 4. The first kappa shape index (κ1) is 31.5. The van der Waals surface area contributed by atoms with Gasteiger partial charge in [-0.05, 0) is 36.7 Å². The minimum atomic E-state index is -0.942. The first-order valence-corrected chi connectivity index (χ1v) is 14.8. The molecule has 3 atom stereocenters. The van der Waals surface area contributed by atoms with E-state index in [-0.39, 0.29) is 29.6 Å². The summed E-state index contributed by atoms with van der Waals surface area (Å²) in [5, 5.41) is 15.2. The summed E-state index contributed by atoms with van der Waals surface area (Å²) in [4.78, 5) is 57.3. The fourth-order valence-corrected chi connectivity index (χ4v) is 4.84. The van der Waals surface area contributed by atoms with Crippen LogP contribution >= 0.6 is 0 Å². The highest BCUT2D eigenvalue weighted by Gasteiger charge is 2.32. The van der Waals surface area contributed by atoms with Crippen LogP contribution < -0.4 is 21.3 Å². The zero-order valence-electron chi connectivity index (χ0n) is 25.0. The summed E-state index contributed by atoms with van der Waals surface area (Å²) in [6, 6.07) is 8.50. The Bertz CT molecular complexity index is 1400. The van der Waals surface area contributed by atoms with Crippen LogP contribution in [-0.2, 0) is 22.4 Å². The Kier molecular flexibility index (Phi) is 10.7. The van der Waals surface area contributed by atoms with Crippen LogP contribution in [0.1, 0.15) is 91.2 Å². The Balaban J connectivity index is 1.57. The van der Waals surface area contributed by atoms with Crippen LogP contribution in [-0.4, -0.2) is 52.4 Å². The van der Waals surface area contributed by atoms with E-state index in [4.69, 9.17) is 8.94 Å². The first-order valence-electron chi connectivity index (χ1n) is 14.8. The summed E-state index contributed by atoms with van der Waals surface area (Å²) < 4.78 is 10.9. The number of carbonyl (C=O) groups is 4. The van der Waals surface area contributed by atoms with Gasteiger partial charge in [-0.2, -0.15) is 0 Å². The molecule has 4 rings (SSSR count). The molecular weight excluding hydrogens is 552 g/mol. The Hall–Kier alpha value is -4.48. The molecule has 3 aromatic rings. The van der Waals surface area contributed by atoms with Gasteiger partial charge in [-0.1, -0.05) is 63.2 Å². The summed E-state index contributed by atoms with van der Waals surface area (Å²) >= 11 is 0. The molecule has 230 valence electrons. The van der Waals surface area contributed by atoms with Gasteiger partial charge in [0.2, 0.25) is 17.7 Å². The van der Waals surface area contributed by atoms with E-state index < -0.39 is 41.8 Å². The third kappa shape index (κ3) is 8.76. The van der Waals surface area contributed by atoms with Gasteiger partial charge >= 0.3 is 0 Å². The Morgan fingerprint density at radius 1 is 1.05 bits per heavy atom. The Labute approximate surface area is 250 Å². The molecule has 0 radical (unpaired) electrons. The van der Waals surface area contributed by atoms with Crippen LogP contribution in [0.5, 0.6) is 0 Å². The summed E-state index contributed by atoms with van der Waals surface area (Å²) in [5.41, 5.74) is 1.11. The van der Waals surface area contributed by atoms with Crippen molar-refractivity contribution in [1.29, 1.82) is 0 Å². The second-order valence-electron chi connectivity index (χ2n) is 11.6. The topological polar surface area (TPSA) is 168 Å². The van der Waals surface area contributed by atoms with E-state index in [1.54, 1.807) is 6.07 Å². The van der Waals surface area contributed by atoms with E-state index in [2.05, 4.69) is 31.4 Å². The second kappa shape index (κ2) is 14.6. The number of carbonyl (C=O) groups excluding carboxylic acids is 4. The van der Waals surface area contributed by atoms with Crippen LogP contribution in [0.15, 0.2) is 51.6 Å². The quantitative estimate of drug-likeness (QED) is 0.324. The monoisotopic (exact) mass is 592 g/mol. The molecule has 12 nitrogen and oxygen atoms in total. The average Bonchev–Trinajstić information content (AvgIpc) is 3.64. The van der Waals surface area contributed by atoms with Crippen LogP contribution in [0.2, 0.25) is 0 Å². The molecule has 4 amide bonds. The smallest absolute Gasteiger partial charge is 0.274 e. The van der Waals surface area contributed by atoms with E-state index in [1.807, 2.05) is 58.0 Å². The first-order chi connectivity index (χ1) is 20.6. The van der Waals surface area contributed by atoms with E-state index in [0.29, 0.717) is 43.9 Å². The van der Waals surface area contributed by atoms with Gasteiger partial charge in [-0.25, -0.2) is 4.98 Å². The molecule has 12 heteroatoms. The second-order valence-corrected chi connectivity index (χ2v) is 11.6. The molecule has 4 N–H and O–H groups in total. The zero-order chi connectivity index (χ0) is 30.9. The van der Waals surface area contributed by atoms with Gasteiger partial charge < -0.3 is 30.2 Å². The largest absolute Gasteiger partial charge is 0.446 e. The number of benzene rings is 1. The molecule has 2 aromatic heterocycles. The number of hydrogen-bond donors (Lipinski definition) is 4. The molecule has 0 unspecified atom stereocenters. The number of aromatic nitrogens is 2. The maximum atomic E-state index is 13.6. The molecular formula is C31H40N6O6. The molecule has 0 saturated carbocycles. The summed E-state index contributed by atoms with van der Waals surface area (Å²) in [7, 11) is 0. The highest BCUT2D eigenvalue weighted by molar-refractivity contribution is 5.97. The molecule has 0 fully saturated rings. The van der Waals surface area contributed by atoms with Crippen molar-refractivity contribution in [2.45, 2.75) is 77.9 Å². The highest BCUT2D eigenvalue weighted by atomic mass is 16.5. The third-order valence-corrected chi connectivity index (χ3v) is 7.13. The summed E-state index contributed by atoms with van der Waals surface area (Å²) in [5.74, 6) is -1.10. The molecule has 0 spiro atoms. The van der Waals surface area contributed by atoms with Crippen LogP contribution in [0.3, 0.4) is 0 Å². The molecule has 3 heterocycles. The molecule has 1 aromatic carbocycles. The van der Waals surface area contributed by atoms with Crippen LogP contribution in [0.25, 0.3) is 0 Å². The Morgan fingerprint density at radius 2 is 1.81 bits per heavy atom. The average molecular weight is 593 g/mol. The number of fused-ring (bicyclic) bond motifs is 2. The number of nitrogens with zero attached hydrogens (tertiary/aromatic N) is 2. The third-order valence-electron chi connectivity index (χ3n) is 7.13. The van der Waals surface area contributed by atoms with Crippen molar-refractivity contribution in [3.8, 4) is 0 Å². The van der Waals surface area contributed by atoms with Gasteiger partial charge in [-0.15, -0.1) is 0 Å². The van der Waals surface area contributed by atoms with Crippen molar-refractivity contribution in [2.24, 2.45) is 11.8 Å². The molecule has 43 heavy (non-hydrogen) atoms. The van der Waals surface area contributed by atoms with Gasteiger partial charge in [-0.3, -0.25) is 19.2 Å². The van der Waals surface area contributed by atoms with Crippen molar-refractivity contribution in [1.82, 2.24) is 31.4 Å². The fourth-order valence-electron chi connectivity index (χ4n) is 4.84. The van der Waals surface area contributed by atoms with Crippen molar-refractivity contribution < 1.29 is 28.1 Å². The SMILES string of the molecule is CC(C)Cc1cc(C(=O)N[C@H]2CCCCNC(=O)c3coc(n3)[C@@H](Cc3ccccc3)NC(=O)[C@H](C(C)C)NC2=O)no1. The summed E-state index contributed by atoms with van der Waals surface area (Å²) in [6.45, 7) is 8.04. The minimum absolute atomic E-state index is 0.0780. The van der Waals surface area contributed by atoms with E-state index >= 15 is 0 Å². The lowest BCUT2D eigenvalue weighted by Gasteiger charge is -2.27. The predicted octanol–water partition coefficient (Wildman–Crippen LogP) is 3.11. The van der Waals surface area contributed by atoms with Crippen molar-refractivity contribution in [2.75, 3.05) is 6.54 Å². The maximum Gasteiger partial charge on any atom is 0.274 e. The lowest BCUT2D eigenvalue weighted by molar-refractivity contribution is -0.131. The lowest BCUT2D eigenvalue weighted by atomic mass is 10.00. The van der Waals surface area contributed by atoms with E-state index in [1.165, 1.54) is 6.26 Å². The number of hydrogen-bond acceptors (Lipinski definition) is 8. The van der Waals surface area contributed by atoms with Crippen LogP contribution in [0.4, 0.5) is 0 Å². The van der Waals surface area contributed by atoms with Crippen LogP contribution in [0, 0.1) is 11.8 Å². The molecule has 2 bridgehead atoms. The van der Waals surface area contributed by atoms with E-state index in [0.717, 1.165) is 5.56 Å². The zero-order valence-corrected chi connectivity index (χ0v) is 25.0. The van der Waals surface area contributed by atoms with Crippen molar-refractivity contribution >= 4 is 23.6 Å². The van der Waals surface area contributed by atoms with Gasteiger partial charge in [0.25, 0.3) is 11.8 Å².